The van der Waals surface area contributed by atoms with E-state index in [0.717, 1.165) is 0 Å². The normalized spacial score (nSPS) is 12.9. The van der Waals surface area contributed by atoms with E-state index in [1.165, 1.54) is 6.07 Å². The van der Waals surface area contributed by atoms with Crippen molar-refractivity contribution in [1.29, 1.82) is 0 Å². The third kappa shape index (κ3) is 2.51. The van der Waals surface area contributed by atoms with Crippen LogP contribution in [0, 0.1) is 0 Å². The average Bonchev–Trinajstić information content (AvgIpc) is 2.11. The van der Waals surface area contributed by atoms with Crippen LogP contribution in [0.15, 0.2) is 12.1 Å². The van der Waals surface area contributed by atoms with Crippen LogP contribution in [0.25, 0.3) is 0 Å². The predicted octanol–water partition coefficient (Wildman–Crippen LogP) is 2.08. The van der Waals surface area contributed by atoms with E-state index in [-0.39, 0.29) is 17.4 Å². The van der Waals surface area contributed by atoms with E-state index < -0.39 is 6.04 Å². The van der Waals surface area contributed by atoms with Crippen LogP contribution in [0.5, 0.6) is 5.75 Å². The first-order chi connectivity index (χ1) is 6.56. The van der Waals surface area contributed by atoms with Gasteiger partial charge in [-0.05, 0) is 18.6 Å². The Morgan fingerprint density at radius 2 is 2.00 bits per heavy atom. The van der Waals surface area contributed by atoms with Crippen LogP contribution < -0.4 is 5.73 Å². The van der Waals surface area contributed by atoms with Crippen molar-refractivity contribution in [2.45, 2.75) is 12.5 Å². The van der Waals surface area contributed by atoms with Crippen molar-refractivity contribution in [3.05, 3.63) is 27.7 Å². The molecule has 0 bridgehead atoms. The summed E-state index contributed by atoms with van der Waals surface area (Å²) in [5.41, 5.74) is 6.16. The van der Waals surface area contributed by atoms with Crippen molar-refractivity contribution in [3.8, 4) is 5.75 Å². The zero-order chi connectivity index (χ0) is 10.7. The van der Waals surface area contributed by atoms with Crippen LogP contribution in [0.4, 0.5) is 0 Å². The molecule has 0 saturated heterocycles. The van der Waals surface area contributed by atoms with Crippen molar-refractivity contribution < 1.29 is 10.2 Å². The number of aromatic hydroxyl groups is 1. The van der Waals surface area contributed by atoms with Crippen molar-refractivity contribution >= 4 is 23.2 Å². The van der Waals surface area contributed by atoms with Gasteiger partial charge in [-0.1, -0.05) is 23.2 Å². The summed E-state index contributed by atoms with van der Waals surface area (Å²) in [6, 6.07) is 2.52. The minimum absolute atomic E-state index is 0.0509. The smallest absolute Gasteiger partial charge is 0.139 e. The molecule has 4 N–H and O–H groups in total. The number of aliphatic hydroxyl groups excluding tert-OH is 1. The van der Waals surface area contributed by atoms with Crippen LogP contribution in [0.1, 0.15) is 18.0 Å². The second kappa shape index (κ2) is 4.84. The molecule has 1 aromatic carbocycles. The quantitative estimate of drug-likeness (QED) is 0.752. The van der Waals surface area contributed by atoms with Crippen molar-refractivity contribution in [2.24, 2.45) is 5.73 Å². The largest absolute Gasteiger partial charge is 0.506 e. The zero-order valence-corrected chi connectivity index (χ0v) is 8.89. The predicted molar refractivity (Wildman–Crippen MR) is 56.8 cm³/mol. The number of hydrogen-bond donors (Lipinski definition) is 3. The molecule has 0 saturated carbocycles. The van der Waals surface area contributed by atoms with Crippen molar-refractivity contribution in [2.75, 3.05) is 6.61 Å². The minimum Gasteiger partial charge on any atom is -0.506 e. The Morgan fingerprint density at radius 1 is 1.36 bits per heavy atom. The number of aliphatic hydroxyl groups is 1. The molecule has 0 heterocycles. The van der Waals surface area contributed by atoms with Crippen molar-refractivity contribution in [1.82, 2.24) is 0 Å². The van der Waals surface area contributed by atoms with E-state index >= 15 is 0 Å². The molecule has 1 rings (SSSR count). The second-order valence-corrected chi connectivity index (χ2v) is 3.79. The molecule has 78 valence electrons. The molecule has 5 heteroatoms. The van der Waals surface area contributed by atoms with Gasteiger partial charge >= 0.3 is 0 Å². The summed E-state index contributed by atoms with van der Waals surface area (Å²) in [5.74, 6) is -0.0722. The number of hydrogen-bond acceptors (Lipinski definition) is 3. The maximum atomic E-state index is 9.57. The van der Waals surface area contributed by atoms with Gasteiger partial charge in [0, 0.05) is 23.2 Å². The summed E-state index contributed by atoms with van der Waals surface area (Å²) >= 11 is 11.5. The van der Waals surface area contributed by atoms with Gasteiger partial charge in [-0.25, -0.2) is 0 Å². The first-order valence-electron chi connectivity index (χ1n) is 4.10. The highest BCUT2D eigenvalue weighted by Gasteiger charge is 2.14. The third-order valence-corrected chi connectivity index (χ3v) is 2.40. The lowest BCUT2D eigenvalue weighted by atomic mass is 10.0. The van der Waals surface area contributed by atoms with E-state index in [1.54, 1.807) is 6.07 Å². The maximum Gasteiger partial charge on any atom is 0.139 e. The second-order valence-electron chi connectivity index (χ2n) is 2.94. The van der Waals surface area contributed by atoms with Gasteiger partial charge in [-0.3, -0.25) is 0 Å². The highest BCUT2D eigenvalue weighted by Crippen LogP contribution is 2.34. The van der Waals surface area contributed by atoms with Crippen LogP contribution in [-0.4, -0.2) is 16.8 Å². The van der Waals surface area contributed by atoms with E-state index in [0.29, 0.717) is 17.0 Å². The number of benzene rings is 1. The lowest BCUT2D eigenvalue weighted by Gasteiger charge is -2.13. The van der Waals surface area contributed by atoms with Gasteiger partial charge in [0.2, 0.25) is 0 Å². The van der Waals surface area contributed by atoms with Gasteiger partial charge in [-0.2, -0.15) is 0 Å². The Hall–Kier alpha value is -0.480. The summed E-state index contributed by atoms with van der Waals surface area (Å²) in [6.07, 6.45) is 0.351. The SMILES string of the molecule is NC(CCO)c1cc(Cl)cc(Cl)c1O. The number of halogens is 2. The molecule has 3 nitrogen and oxygen atoms in total. The molecule has 1 atom stereocenters. The molecule has 14 heavy (non-hydrogen) atoms. The summed E-state index contributed by atoms with van der Waals surface area (Å²) in [6.45, 7) is -0.0509. The molecule has 0 aliphatic rings. The van der Waals surface area contributed by atoms with Gasteiger partial charge in [0.05, 0.1) is 5.02 Å². The summed E-state index contributed by atoms with van der Waals surface area (Å²) in [4.78, 5) is 0. The van der Waals surface area contributed by atoms with E-state index in [1.807, 2.05) is 0 Å². The van der Waals surface area contributed by atoms with Crippen LogP contribution in [0.3, 0.4) is 0 Å². The summed E-state index contributed by atoms with van der Waals surface area (Å²) in [5, 5.41) is 18.8. The molecule has 0 fully saturated rings. The number of phenolic OH excluding ortho intramolecular Hbond substituents is 1. The summed E-state index contributed by atoms with van der Waals surface area (Å²) < 4.78 is 0. The Morgan fingerprint density at radius 3 is 2.57 bits per heavy atom. The average molecular weight is 236 g/mol. The Bertz CT molecular complexity index is 331. The highest BCUT2D eigenvalue weighted by atomic mass is 35.5. The van der Waals surface area contributed by atoms with E-state index in [4.69, 9.17) is 34.0 Å². The third-order valence-electron chi connectivity index (χ3n) is 1.90. The monoisotopic (exact) mass is 235 g/mol. The number of nitrogens with two attached hydrogens (primary N) is 1. The molecule has 0 aromatic heterocycles. The molecular weight excluding hydrogens is 225 g/mol. The minimum atomic E-state index is -0.462. The molecular formula is C9H11Cl2NO2. The Kier molecular flexibility index (Phi) is 4.01. The lowest BCUT2D eigenvalue weighted by Crippen LogP contribution is -2.12. The van der Waals surface area contributed by atoms with Crippen LogP contribution in [0.2, 0.25) is 10.0 Å². The van der Waals surface area contributed by atoms with Gasteiger partial charge in [-0.15, -0.1) is 0 Å². The van der Waals surface area contributed by atoms with Crippen molar-refractivity contribution in [3.63, 3.8) is 0 Å². The highest BCUT2D eigenvalue weighted by molar-refractivity contribution is 6.35. The molecule has 0 amide bonds. The topological polar surface area (TPSA) is 66.5 Å². The fourth-order valence-corrected chi connectivity index (χ4v) is 1.67. The zero-order valence-electron chi connectivity index (χ0n) is 7.37. The maximum absolute atomic E-state index is 9.57. The standard InChI is InChI=1S/C9H11Cl2NO2/c10-5-3-6(8(12)1-2-13)9(14)7(11)4-5/h3-4,8,13-14H,1-2,12H2. The van der Waals surface area contributed by atoms with E-state index in [9.17, 15) is 5.11 Å². The Labute approximate surface area is 92.1 Å². The van der Waals surface area contributed by atoms with Gasteiger partial charge < -0.3 is 15.9 Å². The molecule has 0 radical (unpaired) electrons. The van der Waals surface area contributed by atoms with Gasteiger partial charge in [0.15, 0.2) is 0 Å². The fraction of sp³-hybridized carbons (Fsp3) is 0.333. The van der Waals surface area contributed by atoms with Crippen LogP contribution >= 0.6 is 23.2 Å². The molecule has 1 aromatic rings. The van der Waals surface area contributed by atoms with Gasteiger partial charge in [0.1, 0.15) is 5.75 Å². The first kappa shape index (κ1) is 11.6. The van der Waals surface area contributed by atoms with Crippen LogP contribution in [-0.2, 0) is 0 Å². The lowest BCUT2D eigenvalue weighted by molar-refractivity contribution is 0.275. The molecule has 0 aliphatic heterocycles. The fourth-order valence-electron chi connectivity index (χ4n) is 1.16. The Balaban J connectivity index is 3.07. The number of phenols is 1. The molecule has 0 spiro atoms. The first-order valence-corrected chi connectivity index (χ1v) is 4.86. The van der Waals surface area contributed by atoms with Gasteiger partial charge in [0.25, 0.3) is 0 Å². The number of rotatable bonds is 3. The molecule has 1 unspecified atom stereocenters. The molecule has 0 aliphatic carbocycles. The summed E-state index contributed by atoms with van der Waals surface area (Å²) in [7, 11) is 0. The van der Waals surface area contributed by atoms with E-state index in [2.05, 4.69) is 0 Å².